The molecule has 3 N–H and O–H groups in total. The molecule has 1 amide bonds. The predicted octanol–water partition coefficient (Wildman–Crippen LogP) is 5.38. The maximum absolute atomic E-state index is 11.3. The highest BCUT2D eigenvalue weighted by molar-refractivity contribution is 5.92. The molecule has 0 radical (unpaired) electrons. The van der Waals surface area contributed by atoms with Gasteiger partial charge in [0.1, 0.15) is 5.82 Å². The molecule has 0 saturated carbocycles. The van der Waals surface area contributed by atoms with Crippen LogP contribution in [0.3, 0.4) is 0 Å². The van der Waals surface area contributed by atoms with Crippen LogP contribution in [0, 0.1) is 6.92 Å². The molecule has 0 aliphatic rings. The quantitative estimate of drug-likeness (QED) is 0.431. The number of fused-ring (bicyclic) bond motifs is 1. The third-order valence-corrected chi connectivity index (χ3v) is 4.36. The van der Waals surface area contributed by atoms with Gasteiger partial charge in [0.15, 0.2) is 0 Å². The monoisotopic (exact) mass is 383 g/mol. The van der Waals surface area contributed by atoms with Crippen LogP contribution < -0.4 is 16.0 Å². The van der Waals surface area contributed by atoms with Crippen LogP contribution in [0.15, 0.2) is 72.8 Å². The number of nitrogens with one attached hydrogen (secondary N) is 3. The molecule has 29 heavy (non-hydrogen) atoms. The summed E-state index contributed by atoms with van der Waals surface area (Å²) in [4.78, 5) is 20.6. The third kappa shape index (κ3) is 4.50. The van der Waals surface area contributed by atoms with E-state index in [1.807, 2.05) is 60.7 Å². The first-order valence-corrected chi connectivity index (χ1v) is 9.32. The van der Waals surface area contributed by atoms with Crippen LogP contribution in [0.4, 0.5) is 28.8 Å². The number of aromatic nitrogens is 2. The van der Waals surface area contributed by atoms with Gasteiger partial charge in [0.2, 0.25) is 11.9 Å². The van der Waals surface area contributed by atoms with Crippen molar-refractivity contribution >= 4 is 45.6 Å². The van der Waals surface area contributed by atoms with Gasteiger partial charge < -0.3 is 16.0 Å². The van der Waals surface area contributed by atoms with Gasteiger partial charge in [-0.1, -0.05) is 35.9 Å². The van der Waals surface area contributed by atoms with Crippen LogP contribution in [0.2, 0.25) is 0 Å². The maximum atomic E-state index is 11.3. The van der Waals surface area contributed by atoms with Gasteiger partial charge in [0.25, 0.3) is 0 Å². The van der Waals surface area contributed by atoms with Crippen LogP contribution in [0.5, 0.6) is 0 Å². The molecular formula is C23H21N5O. The van der Waals surface area contributed by atoms with Gasteiger partial charge in [0, 0.05) is 29.4 Å². The molecule has 3 aromatic carbocycles. The second-order valence-electron chi connectivity index (χ2n) is 6.79. The fourth-order valence-electron chi connectivity index (χ4n) is 3.01. The predicted molar refractivity (Wildman–Crippen MR) is 118 cm³/mol. The highest BCUT2D eigenvalue weighted by Gasteiger charge is 2.09. The molecule has 6 heteroatoms. The molecule has 1 heterocycles. The van der Waals surface area contributed by atoms with Crippen LogP contribution in [0.25, 0.3) is 10.9 Å². The lowest BCUT2D eigenvalue weighted by Gasteiger charge is -2.13. The lowest BCUT2D eigenvalue weighted by atomic mass is 10.2. The number of amides is 1. The number of hydrogen-bond acceptors (Lipinski definition) is 5. The van der Waals surface area contributed by atoms with E-state index in [1.54, 1.807) is 0 Å². The van der Waals surface area contributed by atoms with E-state index >= 15 is 0 Å². The summed E-state index contributed by atoms with van der Waals surface area (Å²) in [6.45, 7) is 3.54. The van der Waals surface area contributed by atoms with Crippen LogP contribution in [-0.4, -0.2) is 15.9 Å². The van der Waals surface area contributed by atoms with Crippen LogP contribution in [0.1, 0.15) is 12.5 Å². The molecule has 0 fully saturated rings. The van der Waals surface area contributed by atoms with Crippen LogP contribution in [-0.2, 0) is 4.79 Å². The largest absolute Gasteiger partial charge is 0.340 e. The maximum Gasteiger partial charge on any atom is 0.229 e. The molecule has 4 aromatic rings. The van der Waals surface area contributed by atoms with E-state index < -0.39 is 0 Å². The van der Waals surface area contributed by atoms with Crippen molar-refractivity contribution in [3.63, 3.8) is 0 Å². The highest BCUT2D eigenvalue weighted by atomic mass is 16.1. The Morgan fingerprint density at radius 2 is 1.55 bits per heavy atom. The van der Waals surface area contributed by atoms with E-state index in [2.05, 4.69) is 45.0 Å². The number of aryl methyl sites for hydroxylation is 1. The molecule has 6 nitrogen and oxygen atoms in total. The Morgan fingerprint density at radius 3 is 2.34 bits per heavy atom. The zero-order valence-corrected chi connectivity index (χ0v) is 16.2. The van der Waals surface area contributed by atoms with Gasteiger partial charge >= 0.3 is 0 Å². The number of carbonyl (C=O) groups is 1. The topological polar surface area (TPSA) is 78.9 Å². The number of hydrogen-bond donors (Lipinski definition) is 3. The van der Waals surface area contributed by atoms with Crippen molar-refractivity contribution in [2.45, 2.75) is 13.8 Å². The van der Waals surface area contributed by atoms with Gasteiger partial charge in [-0.2, -0.15) is 4.98 Å². The molecule has 0 atom stereocenters. The Morgan fingerprint density at radius 1 is 0.793 bits per heavy atom. The smallest absolute Gasteiger partial charge is 0.229 e. The molecule has 0 unspecified atom stereocenters. The van der Waals surface area contributed by atoms with E-state index in [1.165, 1.54) is 12.5 Å². The average molecular weight is 383 g/mol. The number of anilines is 5. The summed E-state index contributed by atoms with van der Waals surface area (Å²) in [5.41, 5.74) is 4.48. The number of benzene rings is 3. The molecule has 0 saturated heterocycles. The minimum Gasteiger partial charge on any atom is -0.340 e. The summed E-state index contributed by atoms with van der Waals surface area (Å²) in [5.74, 6) is 1.08. The SMILES string of the molecule is CC(=O)Nc1cccc(Nc2nc(Nc3ccc(C)cc3)c3ccccc3n2)c1. The molecule has 4 rings (SSSR count). The van der Waals surface area contributed by atoms with Crippen molar-refractivity contribution in [3.05, 3.63) is 78.4 Å². The molecule has 0 aliphatic carbocycles. The lowest BCUT2D eigenvalue weighted by molar-refractivity contribution is -0.114. The fraction of sp³-hybridized carbons (Fsp3) is 0.0870. The molecule has 0 bridgehead atoms. The first-order valence-electron chi connectivity index (χ1n) is 9.32. The zero-order chi connectivity index (χ0) is 20.2. The van der Waals surface area contributed by atoms with E-state index in [9.17, 15) is 4.79 Å². The second kappa shape index (κ2) is 7.98. The minimum atomic E-state index is -0.117. The second-order valence-corrected chi connectivity index (χ2v) is 6.79. The zero-order valence-electron chi connectivity index (χ0n) is 16.2. The first-order chi connectivity index (χ1) is 14.1. The van der Waals surface area contributed by atoms with E-state index in [0.29, 0.717) is 11.6 Å². The van der Waals surface area contributed by atoms with Crippen molar-refractivity contribution in [1.29, 1.82) is 0 Å². The van der Waals surface area contributed by atoms with Gasteiger partial charge in [-0.05, 0) is 49.4 Å². The Bertz CT molecular complexity index is 1170. The molecule has 0 aliphatic heterocycles. The van der Waals surface area contributed by atoms with Crippen molar-refractivity contribution in [2.75, 3.05) is 16.0 Å². The summed E-state index contributed by atoms with van der Waals surface area (Å²) >= 11 is 0. The molecule has 0 spiro atoms. The fourth-order valence-corrected chi connectivity index (χ4v) is 3.01. The highest BCUT2D eigenvalue weighted by Crippen LogP contribution is 2.27. The van der Waals surface area contributed by atoms with E-state index in [0.717, 1.165) is 28.1 Å². The molecular weight excluding hydrogens is 362 g/mol. The Labute approximate surface area is 169 Å². The van der Waals surface area contributed by atoms with Gasteiger partial charge in [-0.15, -0.1) is 0 Å². The van der Waals surface area contributed by atoms with Crippen molar-refractivity contribution < 1.29 is 4.79 Å². The molecule has 144 valence electrons. The summed E-state index contributed by atoms with van der Waals surface area (Å²) in [6.07, 6.45) is 0. The number of carbonyl (C=O) groups excluding carboxylic acids is 1. The first kappa shape index (κ1) is 18.4. The average Bonchev–Trinajstić information content (AvgIpc) is 2.69. The van der Waals surface area contributed by atoms with E-state index in [4.69, 9.17) is 0 Å². The number of rotatable bonds is 5. The van der Waals surface area contributed by atoms with Crippen molar-refractivity contribution in [2.24, 2.45) is 0 Å². The van der Waals surface area contributed by atoms with Crippen LogP contribution >= 0.6 is 0 Å². The molecule has 1 aromatic heterocycles. The summed E-state index contributed by atoms with van der Waals surface area (Å²) in [6, 6.07) is 23.5. The van der Waals surface area contributed by atoms with Gasteiger partial charge in [0.05, 0.1) is 5.52 Å². The van der Waals surface area contributed by atoms with Gasteiger partial charge in [-0.25, -0.2) is 4.98 Å². The minimum absolute atomic E-state index is 0.117. The summed E-state index contributed by atoms with van der Waals surface area (Å²) < 4.78 is 0. The summed E-state index contributed by atoms with van der Waals surface area (Å²) in [7, 11) is 0. The number of para-hydroxylation sites is 1. The summed E-state index contributed by atoms with van der Waals surface area (Å²) in [5, 5.41) is 10.3. The number of nitrogens with zero attached hydrogens (tertiary/aromatic N) is 2. The standard InChI is InChI=1S/C23H21N5O/c1-15-10-12-17(13-11-15)25-22-20-8-3-4-9-21(20)27-23(28-22)26-19-7-5-6-18(14-19)24-16(2)29/h3-14H,1-2H3,(H,24,29)(H2,25,26,27,28). The lowest BCUT2D eigenvalue weighted by Crippen LogP contribution is -2.06. The Balaban J connectivity index is 1.68. The van der Waals surface area contributed by atoms with Gasteiger partial charge in [-0.3, -0.25) is 4.79 Å². The third-order valence-electron chi connectivity index (χ3n) is 4.36. The Hall–Kier alpha value is -3.93. The Kier molecular flexibility index (Phi) is 5.07. The van der Waals surface area contributed by atoms with Crippen molar-refractivity contribution in [3.8, 4) is 0 Å². The van der Waals surface area contributed by atoms with E-state index in [-0.39, 0.29) is 5.91 Å². The van der Waals surface area contributed by atoms with Crippen molar-refractivity contribution in [1.82, 2.24) is 9.97 Å². The normalized spacial score (nSPS) is 10.6.